The van der Waals surface area contributed by atoms with E-state index in [-0.39, 0.29) is 16.9 Å². The second kappa shape index (κ2) is 6.96. The molecule has 1 N–H and O–H groups in total. The standard InChI is InChI=1S/C20H24ClNO2/c1-20(2,3)17-11-14(9-15(19(17)24)12-22(4)5)18(23)13-7-6-8-16(21)10-13/h6-11,24H,12H2,1-5H3. The molecule has 0 radical (unpaired) electrons. The molecule has 0 aliphatic carbocycles. The fourth-order valence-electron chi connectivity index (χ4n) is 2.65. The maximum atomic E-state index is 12.9. The van der Waals surface area contributed by atoms with E-state index in [4.69, 9.17) is 11.6 Å². The maximum Gasteiger partial charge on any atom is 0.193 e. The number of carbonyl (C=O) groups is 1. The quantitative estimate of drug-likeness (QED) is 0.821. The number of benzene rings is 2. The molecule has 0 aliphatic heterocycles. The zero-order valence-corrected chi connectivity index (χ0v) is 15.6. The monoisotopic (exact) mass is 345 g/mol. The average Bonchev–Trinajstić information content (AvgIpc) is 2.47. The third kappa shape index (κ3) is 4.16. The lowest BCUT2D eigenvalue weighted by atomic mass is 9.83. The molecule has 0 fully saturated rings. The Morgan fingerprint density at radius 3 is 2.33 bits per heavy atom. The SMILES string of the molecule is CN(C)Cc1cc(C(=O)c2cccc(Cl)c2)cc(C(C)(C)C)c1O. The predicted molar refractivity (Wildman–Crippen MR) is 99.1 cm³/mol. The molecular weight excluding hydrogens is 322 g/mol. The number of rotatable bonds is 4. The van der Waals surface area contributed by atoms with E-state index in [1.165, 1.54) is 0 Å². The Morgan fingerprint density at radius 1 is 1.12 bits per heavy atom. The molecule has 0 amide bonds. The number of carbonyl (C=O) groups excluding carboxylic acids is 1. The highest BCUT2D eigenvalue weighted by Crippen LogP contribution is 2.35. The van der Waals surface area contributed by atoms with Crippen LogP contribution in [0, 0.1) is 0 Å². The molecule has 0 bridgehead atoms. The normalized spacial score (nSPS) is 11.8. The van der Waals surface area contributed by atoms with E-state index in [1.807, 2.05) is 39.8 Å². The highest BCUT2D eigenvalue weighted by molar-refractivity contribution is 6.31. The van der Waals surface area contributed by atoms with Crippen molar-refractivity contribution in [3.8, 4) is 5.75 Å². The van der Waals surface area contributed by atoms with Gasteiger partial charge >= 0.3 is 0 Å². The maximum absolute atomic E-state index is 12.9. The minimum absolute atomic E-state index is 0.0944. The summed E-state index contributed by atoms with van der Waals surface area (Å²) in [7, 11) is 3.86. The summed E-state index contributed by atoms with van der Waals surface area (Å²) in [5, 5.41) is 11.2. The van der Waals surface area contributed by atoms with Gasteiger partial charge < -0.3 is 10.0 Å². The summed E-state index contributed by atoms with van der Waals surface area (Å²) in [6.07, 6.45) is 0. The van der Waals surface area contributed by atoms with E-state index in [2.05, 4.69) is 0 Å². The van der Waals surface area contributed by atoms with Gasteiger partial charge in [0.05, 0.1) is 0 Å². The number of nitrogens with zero attached hydrogens (tertiary/aromatic N) is 1. The zero-order chi connectivity index (χ0) is 18.1. The number of phenols is 1. The molecule has 2 aromatic rings. The van der Waals surface area contributed by atoms with E-state index in [1.54, 1.807) is 36.4 Å². The molecule has 4 heteroatoms. The molecular formula is C20H24ClNO2. The lowest BCUT2D eigenvalue weighted by Gasteiger charge is -2.24. The van der Waals surface area contributed by atoms with Crippen LogP contribution in [0.25, 0.3) is 0 Å². The zero-order valence-electron chi connectivity index (χ0n) is 14.9. The van der Waals surface area contributed by atoms with Gasteiger partial charge in [-0.25, -0.2) is 0 Å². The number of ketones is 1. The highest BCUT2D eigenvalue weighted by Gasteiger charge is 2.23. The van der Waals surface area contributed by atoms with E-state index in [0.29, 0.717) is 22.7 Å². The second-order valence-electron chi connectivity index (χ2n) is 7.36. The second-order valence-corrected chi connectivity index (χ2v) is 7.80. The van der Waals surface area contributed by atoms with Crippen LogP contribution in [0.3, 0.4) is 0 Å². The van der Waals surface area contributed by atoms with Crippen molar-refractivity contribution in [2.24, 2.45) is 0 Å². The van der Waals surface area contributed by atoms with Gasteiger partial charge in [-0.05, 0) is 43.8 Å². The molecule has 0 atom stereocenters. The largest absolute Gasteiger partial charge is 0.507 e. The summed E-state index contributed by atoms with van der Waals surface area (Å²) < 4.78 is 0. The van der Waals surface area contributed by atoms with Crippen molar-refractivity contribution < 1.29 is 9.90 Å². The Labute approximate surface area is 148 Å². The number of hydrogen-bond donors (Lipinski definition) is 1. The van der Waals surface area contributed by atoms with Crippen molar-refractivity contribution in [1.82, 2.24) is 4.90 Å². The molecule has 0 unspecified atom stereocenters. The van der Waals surface area contributed by atoms with Gasteiger partial charge in [0, 0.05) is 33.8 Å². The average molecular weight is 346 g/mol. The third-order valence-corrected chi connectivity index (χ3v) is 4.07. The van der Waals surface area contributed by atoms with Crippen LogP contribution >= 0.6 is 11.6 Å². The molecule has 0 heterocycles. The molecule has 2 aromatic carbocycles. The predicted octanol–water partition coefficient (Wildman–Crippen LogP) is 4.64. The van der Waals surface area contributed by atoms with Gasteiger partial charge in [0.2, 0.25) is 0 Å². The number of halogens is 1. The summed E-state index contributed by atoms with van der Waals surface area (Å²) in [6.45, 7) is 6.63. The minimum Gasteiger partial charge on any atom is -0.507 e. The van der Waals surface area contributed by atoms with Crippen LogP contribution in [-0.4, -0.2) is 29.9 Å². The van der Waals surface area contributed by atoms with Crippen molar-refractivity contribution in [3.05, 3.63) is 63.7 Å². The van der Waals surface area contributed by atoms with E-state index < -0.39 is 0 Å². The Hall–Kier alpha value is -1.84. The third-order valence-electron chi connectivity index (χ3n) is 3.83. The molecule has 0 spiro atoms. The van der Waals surface area contributed by atoms with Gasteiger partial charge in [-0.1, -0.05) is 44.5 Å². The Balaban J connectivity index is 2.59. The summed E-state index contributed by atoms with van der Waals surface area (Å²) in [4.78, 5) is 14.8. The minimum atomic E-state index is -0.268. The Bertz CT molecular complexity index is 761. The highest BCUT2D eigenvalue weighted by atomic mass is 35.5. The number of hydrogen-bond acceptors (Lipinski definition) is 3. The Kier molecular flexibility index (Phi) is 5.36. The van der Waals surface area contributed by atoms with Gasteiger partial charge in [0.25, 0.3) is 0 Å². The topological polar surface area (TPSA) is 40.5 Å². The van der Waals surface area contributed by atoms with Crippen LogP contribution in [0.5, 0.6) is 5.75 Å². The number of aromatic hydroxyl groups is 1. The first-order chi connectivity index (χ1) is 11.1. The van der Waals surface area contributed by atoms with Crippen LogP contribution in [0.2, 0.25) is 5.02 Å². The molecule has 3 nitrogen and oxygen atoms in total. The van der Waals surface area contributed by atoms with E-state index >= 15 is 0 Å². The van der Waals surface area contributed by atoms with Crippen LogP contribution in [-0.2, 0) is 12.0 Å². The molecule has 0 aliphatic rings. The summed E-state index contributed by atoms with van der Waals surface area (Å²) >= 11 is 6.01. The summed E-state index contributed by atoms with van der Waals surface area (Å²) in [5.74, 6) is 0.168. The Morgan fingerprint density at radius 2 is 1.79 bits per heavy atom. The van der Waals surface area contributed by atoms with E-state index in [9.17, 15) is 9.90 Å². The van der Waals surface area contributed by atoms with Gasteiger partial charge in [-0.2, -0.15) is 0 Å². The smallest absolute Gasteiger partial charge is 0.193 e. The van der Waals surface area contributed by atoms with Crippen molar-refractivity contribution in [2.45, 2.75) is 32.7 Å². The molecule has 24 heavy (non-hydrogen) atoms. The van der Waals surface area contributed by atoms with Crippen molar-refractivity contribution >= 4 is 17.4 Å². The lowest BCUT2D eigenvalue weighted by molar-refractivity contribution is 0.103. The van der Waals surface area contributed by atoms with Crippen LogP contribution < -0.4 is 0 Å². The van der Waals surface area contributed by atoms with Crippen molar-refractivity contribution in [2.75, 3.05) is 14.1 Å². The molecule has 0 saturated carbocycles. The number of phenolic OH excluding ortho intramolecular Hbond substituents is 1. The molecule has 0 saturated heterocycles. The van der Waals surface area contributed by atoms with Crippen LogP contribution in [0.15, 0.2) is 36.4 Å². The summed E-state index contributed by atoms with van der Waals surface area (Å²) in [5.41, 5.74) is 2.36. The van der Waals surface area contributed by atoms with Gasteiger partial charge in [-0.3, -0.25) is 4.79 Å². The van der Waals surface area contributed by atoms with Crippen LogP contribution in [0.1, 0.15) is 47.8 Å². The summed E-state index contributed by atoms with van der Waals surface area (Å²) in [6, 6.07) is 10.5. The molecule has 0 aromatic heterocycles. The van der Waals surface area contributed by atoms with Gasteiger partial charge in [-0.15, -0.1) is 0 Å². The fourth-order valence-corrected chi connectivity index (χ4v) is 2.85. The molecule has 128 valence electrons. The molecule has 2 rings (SSSR count). The first kappa shape index (κ1) is 18.5. The van der Waals surface area contributed by atoms with E-state index in [0.717, 1.165) is 11.1 Å². The fraction of sp³-hybridized carbons (Fsp3) is 0.350. The first-order valence-electron chi connectivity index (χ1n) is 7.91. The van der Waals surface area contributed by atoms with Gasteiger partial charge in [0.15, 0.2) is 5.78 Å². The van der Waals surface area contributed by atoms with Crippen molar-refractivity contribution in [1.29, 1.82) is 0 Å². The lowest BCUT2D eigenvalue weighted by Crippen LogP contribution is -2.17. The van der Waals surface area contributed by atoms with Crippen LogP contribution in [0.4, 0.5) is 0 Å². The van der Waals surface area contributed by atoms with Gasteiger partial charge in [0.1, 0.15) is 5.75 Å². The first-order valence-corrected chi connectivity index (χ1v) is 8.28. The van der Waals surface area contributed by atoms with Crippen molar-refractivity contribution in [3.63, 3.8) is 0 Å².